The Bertz CT molecular complexity index is 330. The summed E-state index contributed by atoms with van der Waals surface area (Å²) in [4.78, 5) is 10.8. The summed E-state index contributed by atoms with van der Waals surface area (Å²) in [5.41, 5.74) is 0. The van der Waals surface area contributed by atoms with Gasteiger partial charge in [-0.15, -0.1) is 0 Å². The Balaban J connectivity index is 4.21. The van der Waals surface area contributed by atoms with Crippen LogP contribution in [0.4, 0.5) is 8.78 Å². The predicted molar refractivity (Wildman–Crippen MR) is 50.5 cm³/mol. The molecule has 0 aromatic carbocycles. The molecule has 0 aliphatic carbocycles. The Kier molecular flexibility index (Phi) is 5.76. The zero-order valence-electron chi connectivity index (χ0n) is 8.57. The number of carbonyl (C=O) groups is 1. The Morgan fingerprint density at radius 2 is 2.06 bits per heavy atom. The van der Waals surface area contributed by atoms with Gasteiger partial charge >= 0.3 is 5.97 Å². The van der Waals surface area contributed by atoms with E-state index < -0.39 is 40.8 Å². The molecule has 0 aromatic rings. The van der Waals surface area contributed by atoms with Crippen LogP contribution in [0.5, 0.6) is 0 Å². The highest BCUT2D eigenvalue weighted by atomic mass is 32.2. The van der Waals surface area contributed by atoms with E-state index in [1.54, 1.807) is 0 Å². The van der Waals surface area contributed by atoms with Crippen molar-refractivity contribution in [1.82, 2.24) is 4.72 Å². The molecular weight excluding hydrogens is 248 g/mol. The molecule has 0 spiro atoms. The molecule has 6 nitrogen and oxygen atoms in total. The second-order valence-corrected chi connectivity index (χ2v) is 4.71. The lowest BCUT2D eigenvalue weighted by molar-refractivity contribution is -0.140. The number of aliphatic hydroxyl groups excluding tert-OH is 1. The molecule has 0 bridgehead atoms. The fourth-order valence-corrected chi connectivity index (χ4v) is 1.61. The molecular formula is C7H13F2NO5S. The van der Waals surface area contributed by atoms with Crippen LogP contribution in [0, 0.1) is 0 Å². The number of esters is 1. The average molecular weight is 261 g/mol. The maximum Gasteiger partial charge on any atom is 0.322 e. The van der Waals surface area contributed by atoms with Crippen molar-refractivity contribution in [3.63, 3.8) is 0 Å². The van der Waals surface area contributed by atoms with E-state index in [1.165, 1.54) is 11.6 Å². The van der Waals surface area contributed by atoms with Crippen molar-refractivity contribution < 1.29 is 31.8 Å². The highest BCUT2D eigenvalue weighted by Crippen LogP contribution is 2.10. The fourth-order valence-electron chi connectivity index (χ4n) is 0.680. The second kappa shape index (κ2) is 6.06. The molecule has 0 radical (unpaired) electrons. The van der Waals surface area contributed by atoms with E-state index in [2.05, 4.69) is 4.74 Å². The van der Waals surface area contributed by atoms with Crippen LogP contribution in [-0.4, -0.2) is 50.9 Å². The summed E-state index contributed by atoms with van der Waals surface area (Å²) in [7, 11) is -4.16. The lowest BCUT2D eigenvalue weighted by Gasteiger charge is -2.13. The van der Waals surface area contributed by atoms with Gasteiger partial charge in [-0.2, -0.15) is 0 Å². The first-order valence-corrected chi connectivity index (χ1v) is 5.99. The normalized spacial score (nSPS) is 12.5. The molecule has 0 rings (SSSR count). The first-order valence-electron chi connectivity index (χ1n) is 4.34. The molecule has 0 saturated carbocycles. The summed E-state index contributed by atoms with van der Waals surface area (Å²) in [5.74, 6) is -5.60. The third-order valence-electron chi connectivity index (χ3n) is 1.40. The van der Waals surface area contributed by atoms with E-state index >= 15 is 0 Å². The molecule has 0 aliphatic rings. The van der Waals surface area contributed by atoms with Gasteiger partial charge in [0.1, 0.15) is 6.61 Å². The van der Waals surface area contributed by atoms with E-state index in [0.29, 0.717) is 0 Å². The number of carbonyl (C=O) groups excluding carboxylic acids is 1. The molecule has 16 heavy (non-hydrogen) atoms. The van der Waals surface area contributed by atoms with Crippen molar-refractivity contribution >= 4 is 16.0 Å². The zero-order valence-corrected chi connectivity index (χ0v) is 9.39. The van der Waals surface area contributed by atoms with Gasteiger partial charge in [-0.25, -0.2) is 21.9 Å². The quantitative estimate of drug-likeness (QED) is 0.579. The van der Waals surface area contributed by atoms with Gasteiger partial charge in [0, 0.05) is 0 Å². The maximum atomic E-state index is 12.5. The van der Waals surface area contributed by atoms with Crippen LogP contribution in [0.25, 0.3) is 0 Å². The van der Waals surface area contributed by atoms with Crippen LogP contribution < -0.4 is 4.72 Å². The summed E-state index contributed by atoms with van der Waals surface area (Å²) in [5, 5.41) is 8.18. The number of aliphatic hydroxyl groups is 1. The lowest BCUT2D eigenvalue weighted by Crippen LogP contribution is -2.41. The monoisotopic (exact) mass is 261 g/mol. The number of nitrogens with one attached hydrogen (secondary N) is 1. The number of ether oxygens (including phenoxy) is 1. The van der Waals surface area contributed by atoms with Crippen molar-refractivity contribution in [2.75, 3.05) is 25.5 Å². The van der Waals surface area contributed by atoms with Crippen molar-refractivity contribution in [2.24, 2.45) is 0 Å². The van der Waals surface area contributed by atoms with Gasteiger partial charge in [0.2, 0.25) is 10.0 Å². The van der Waals surface area contributed by atoms with Gasteiger partial charge in [-0.3, -0.25) is 4.79 Å². The van der Waals surface area contributed by atoms with Crippen LogP contribution in [0.3, 0.4) is 0 Å². The maximum absolute atomic E-state index is 12.5. The number of hydrogen-bond acceptors (Lipinski definition) is 5. The Morgan fingerprint density at radius 1 is 1.50 bits per heavy atom. The van der Waals surface area contributed by atoms with Crippen molar-refractivity contribution in [1.29, 1.82) is 0 Å². The first-order chi connectivity index (χ1) is 7.22. The first kappa shape index (κ1) is 15.2. The Labute approximate surface area is 91.6 Å². The minimum Gasteiger partial charge on any atom is -0.465 e. The van der Waals surface area contributed by atoms with E-state index in [9.17, 15) is 22.0 Å². The van der Waals surface area contributed by atoms with Crippen LogP contribution in [0.2, 0.25) is 0 Å². The summed E-state index contributed by atoms with van der Waals surface area (Å²) in [6.45, 7) is -1.25. The number of alkyl halides is 2. The smallest absolute Gasteiger partial charge is 0.322 e. The van der Waals surface area contributed by atoms with Crippen molar-refractivity contribution in [3.05, 3.63) is 0 Å². The number of halogens is 2. The number of hydrogen-bond donors (Lipinski definition) is 2. The molecule has 0 aliphatic heterocycles. The van der Waals surface area contributed by atoms with Gasteiger partial charge in [-0.1, -0.05) is 0 Å². The minimum atomic E-state index is -4.16. The average Bonchev–Trinajstić information content (AvgIpc) is 2.15. The number of rotatable bonds is 7. The molecule has 0 unspecified atom stereocenters. The largest absolute Gasteiger partial charge is 0.465 e. The van der Waals surface area contributed by atoms with Gasteiger partial charge < -0.3 is 9.84 Å². The van der Waals surface area contributed by atoms with Crippen LogP contribution in [-0.2, 0) is 19.6 Å². The molecule has 0 fully saturated rings. The van der Waals surface area contributed by atoms with E-state index in [4.69, 9.17) is 5.11 Å². The molecule has 0 amide bonds. The predicted octanol–water partition coefficient (Wildman–Crippen LogP) is -0.904. The van der Waals surface area contributed by atoms with Crippen LogP contribution >= 0.6 is 0 Å². The molecule has 96 valence electrons. The highest BCUT2D eigenvalue weighted by molar-refractivity contribution is 7.90. The SMILES string of the molecule is CCOC(=O)CS(=O)(=O)NCC(F)(F)CO. The summed E-state index contributed by atoms with van der Waals surface area (Å²) in [6.07, 6.45) is 0. The van der Waals surface area contributed by atoms with E-state index in [0.717, 1.165) is 0 Å². The molecule has 0 aromatic heterocycles. The summed E-state index contributed by atoms with van der Waals surface area (Å²) in [6, 6.07) is 0. The van der Waals surface area contributed by atoms with E-state index in [1.807, 2.05) is 0 Å². The van der Waals surface area contributed by atoms with Crippen LogP contribution in [0.1, 0.15) is 6.92 Å². The third kappa shape index (κ3) is 6.64. The van der Waals surface area contributed by atoms with Crippen molar-refractivity contribution in [3.8, 4) is 0 Å². The summed E-state index contributed by atoms with van der Waals surface area (Å²) >= 11 is 0. The van der Waals surface area contributed by atoms with Gasteiger partial charge in [0.05, 0.1) is 13.2 Å². The van der Waals surface area contributed by atoms with Gasteiger partial charge in [0.25, 0.3) is 5.92 Å². The molecule has 0 heterocycles. The zero-order chi connectivity index (χ0) is 12.8. The topological polar surface area (TPSA) is 92.7 Å². The minimum absolute atomic E-state index is 0.00114. The standard InChI is InChI=1S/C7H13F2NO5S/c1-2-15-6(12)3-16(13,14)10-4-7(8,9)5-11/h10-11H,2-5H2,1H3. The molecule has 9 heteroatoms. The third-order valence-corrected chi connectivity index (χ3v) is 2.60. The summed E-state index contributed by atoms with van der Waals surface area (Å²) < 4.78 is 52.9. The highest BCUT2D eigenvalue weighted by Gasteiger charge is 2.30. The van der Waals surface area contributed by atoms with Crippen LogP contribution in [0.15, 0.2) is 0 Å². The fraction of sp³-hybridized carbons (Fsp3) is 0.857. The van der Waals surface area contributed by atoms with Gasteiger partial charge in [0.15, 0.2) is 5.75 Å². The molecule has 0 atom stereocenters. The molecule has 0 saturated heterocycles. The van der Waals surface area contributed by atoms with E-state index in [-0.39, 0.29) is 6.61 Å². The Hall–Kier alpha value is -0.800. The number of sulfonamides is 1. The lowest BCUT2D eigenvalue weighted by atomic mass is 10.4. The second-order valence-electron chi connectivity index (χ2n) is 2.90. The Morgan fingerprint density at radius 3 is 2.50 bits per heavy atom. The van der Waals surface area contributed by atoms with Gasteiger partial charge in [-0.05, 0) is 6.92 Å². The molecule has 2 N–H and O–H groups in total. The van der Waals surface area contributed by atoms with Crippen molar-refractivity contribution in [2.45, 2.75) is 12.8 Å².